The van der Waals surface area contributed by atoms with E-state index in [0.717, 1.165) is 0 Å². The van der Waals surface area contributed by atoms with Gasteiger partial charge in [0.25, 0.3) is 0 Å². The van der Waals surface area contributed by atoms with Crippen molar-refractivity contribution >= 4 is 15.5 Å². The van der Waals surface area contributed by atoms with Crippen molar-refractivity contribution in [2.75, 3.05) is 5.73 Å². The fourth-order valence-corrected chi connectivity index (χ4v) is 3.02. The fourth-order valence-electron chi connectivity index (χ4n) is 1.59. The van der Waals surface area contributed by atoms with Gasteiger partial charge in [-0.2, -0.15) is 5.26 Å². The van der Waals surface area contributed by atoms with E-state index in [9.17, 15) is 8.42 Å². The summed E-state index contributed by atoms with van der Waals surface area (Å²) in [6, 6.07) is 8.00. The lowest BCUT2D eigenvalue weighted by atomic mass is 10.2. The van der Waals surface area contributed by atoms with Gasteiger partial charge in [0.15, 0.2) is 5.03 Å². The number of hydrogen-bond acceptors (Lipinski definition) is 6. The smallest absolute Gasteiger partial charge is 0.201 e. The molecule has 7 heteroatoms. The molecule has 2 rings (SSSR count). The Bertz CT molecular complexity index is 750. The molecule has 0 saturated carbocycles. The van der Waals surface area contributed by atoms with Gasteiger partial charge in [0.1, 0.15) is 11.8 Å². The van der Waals surface area contributed by atoms with Gasteiger partial charge in [0.2, 0.25) is 9.84 Å². The molecule has 0 radical (unpaired) electrons. The molecule has 0 spiro atoms. The van der Waals surface area contributed by atoms with Crippen LogP contribution in [0.15, 0.2) is 41.7 Å². The summed E-state index contributed by atoms with van der Waals surface area (Å²) in [6.07, 6.45) is 2.79. The molecule has 0 aliphatic heterocycles. The van der Waals surface area contributed by atoms with Gasteiger partial charge in [-0.1, -0.05) is 6.07 Å². The number of anilines is 1. The number of nitrogen functional groups attached to an aromatic ring is 1. The number of rotatable bonds is 3. The van der Waals surface area contributed by atoms with Crippen molar-refractivity contribution in [1.29, 1.82) is 5.26 Å². The molecule has 0 aliphatic rings. The molecule has 0 atom stereocenters. The van der Waals surface area contributed by atoms with E-state index < -0.39 is 9.84 Å². The van der Waals surface area contributed by atoms with Gasteiger partial charge in [0.05, 0.1) is 11.4 Å². The van der Waals surface area contributed by atoms with Crippen molar-refractivity contribution in [3.8, 4) is 6.07 Å². The molecule has 2 heterocycles. The first-order chi connectivity index (χ1) is 9.04. The standard InChI is InChI=1S/C12H10N4O2S/c13-7-11-9(3-1-5-15-11)8-19(17,18)12-10(14)4-2-6-16-12/h1-6H,8,14H2. The minimum absolute atomic E-state index is 0.0839. The fraction of sp³-hybridized carbons (Fsp3) is 0.0833. The monoisotopic (exact) mass is 274 g/mol. The van der Waals surface area contributed by atoms with Gasteiger partial charge in [0, 0.05) is 18.0 Å². The molecule has 0 amide bonds. The highest BCUT2D eigenvalue weighted by atomic mass is 32.2. The molecular formula is C12H10N4O2S. The van der Waals surface area contributed by atoms with E-state index in [1.54, 1.807) is 18.2 Å². The maximum atomic E-state index is 12.2. The van der Waals surface area contributed by atoms with E-state index in [1.165, 1.54) is 18.5 Å². The van der Waals surface area contributed by atoms with Crippen molar-refractivity contribution in [3.63, 3.8) is 0 Å². The molecule has 0 fully saturated rings. The predicted molar refractivity (Wildman–Crippen MR) is 68.5 cm³/mol. The van der Waals surface area contributed by atoms with Crippen LogP contribution in [0, 0.1) is 11.3 Å². The number of hydrogen-bond donors (Lipinski definition) is 1. The number of aromatic nitrogens is 2. The van der Waals surface area contributed by atoms with Gasteiger partial charge < -0.3 is 5.73 Å². The summed E-state index contributed by atoms with van der Waals surface area (Å²) in [5.41, 5.74) is 6.11. The molecule has 0 aromatic carbocycles. The lowest BCUT2D eigenvalue weighted by Crippen LogP contribution is -2.11. The average molecular weight is 274 g/mol. The van der Waals surface area contributed by atoms with Crippen LogP contribution in [0.25, 0.3) is 0 Å². The van der Waals surface area contributed by atoms with Crippen LogP contribution < -0.4 is 5.73 Å². The van der Waals surface area contributed by atoms with E-state index in [1.807, 2.05) is 6.07 Å². The number of nitrogens with two attached hydrogens (primary N) is 1. The first kappa shape index (κ1) is 13.0. The van der Waals surface area contributed by atoms with Gasteiger partial charge in [-0.25, -0.2) is 18.4 Å². The van der Waals surface area contributed by atoms with Crippen LogP contribution in [0.4, 0.5) is 5.69 Å². The molecule has 0 unspecified atom stereocenters. The maximum absolute atomic E-state index is 12.2. The third-order valence-electron chi connectivity index (χ3n) is 2.44. The number of nitriles is 1. The van der Waals surface area contributed by atoms with Crippen LogP contribution in [0.5, 0.6) is 0 Å². The Morgan fingerprint density at radius 1 is 1.21 bits per heavy atom. The Balaban J connectivity index is 2.44. The zero-order chi connectivity index (χ0) is 13.9. The van der Waals surface area contributed by atoms with E-state index in [0.29, 0.717) is 5.56 Å². The number of pyridine rings is 2. The largest absolute Gasteiger partial charge is 0.396 e. The Kier molecular flexibility index (Phi) is 3.44. The average Bonchev–Trinajstić information content (AvgIpc) is 2.39. The van der Waals surface area contributed by atoms with Gasteiger partial charge in [-0.15, -0.1) is 0 Å². The molecule has 2 N–H and O–H groups in total. The second-order valence-electron chi connectivity index (χ2n) is 3.78. The van der Waals surface area contributed by atoms with Crippen LogP contribution in [0.1, 0.15) is 11.3 Å². The van der Waals surface area contributed by atoms with Crippen LogP contribution >= 0.6 is 0 Å². The lowest BCUT2D eigenvalue weighted by molar-refractivity contribution is 0.592. The minimum Gasteiger partial charge on any atom is -0.396 e. The maximum Gasteiger partial charge on any atom is 0.201 e. The molecule has 0 saturated heterocycles. The third kappa shape index (κ3) is 2.69. The highest BCUT2D eigenvalue weighted by molar-refractivity contribution is 7.90. The molecule has 2 aromatic heterocycles. The molecule has 0 aliphatic carbocycles. The Morgan fingerprint density at radius 2 is 1.89 bits per heavy atom. The van der Waals surface area contributed by atoms with E-state index >= 15 is 0 Å². The summed E-state index contributed by atoms with van der Waals surface area (Å²) in [5, 5.41) is 8.71. The van der Waals surface area contributed by atoms with Gasteiger partial charge in [-0.05, 0) is 18.2 Å². The summed E-state index contributed by atoms with van der Waals surface area (Å²) in [7, 11) is -3.70. The summed E-state index contributed by atoms with van der Waals surface area (Å²) in [6.45, 7) is 0. The first-order valence-corrected chi connectivity index (χ1v) is 6.97. The predicted octanol–water partition coefficient (Wildman–Crippen LogP) is 0.904. The summed E-state index contributed by atoms with van der Waals surface area (Å²) < 4.78 is 24.4. The molecule has 6 nitrogen and oxygen atoms in total. The molecule has 2 aromatic rings. The topological polar surface area (TPSA) is 110 Å². The van der Waals surface area contributed by atoms with Crippen molar-refractivity contribution < 1.29 is 8.42 Å². The molecule has 19 heavy (non-hydrogen) atoms. The number of nitrogens with zero attached hydrogens (tertiary/aromatic N) is 3. The Labute approximate surface area is 110 Å². The number of sulfone groups is 1. The lowest BCUT2D eigenvalue weighted by Gasteiger charge is -2.06. The summed E-state index contributed by atoms with van der Waals surface area (Å²) in [4.78, 5) is 7.61. The molecule has 96 valence electrons. The SMILES string of the molecule is N#Cc1ncccc1CS(=O)(=O)c1ncccc1N. The summed E-state index contributed by atoms with van der Waals surface area (Å²) in [5.74, 6) is -0.356. The second-order valence-corrected chi connectivity index (χ2v) is 5.68. The van der Waals surface area contributed by atoms with Crippen LogP contribution in [-0.2, 0) is 15.6 Å². The van der Waals surface area contributed by atoms with Crippen LogP contribution in [0.2, 0.25) is 0 Å². The zero-order valence-electron chi connectivity index (χ0n) is 9.81. The Morgan fingerprint density at radius 3 is 2.58 bits per heavy atom. The minimum atomic E-state index is -3.70. The second kappa shape index (κ2) is 5.04. The van der Waals surface area contributed by atoms with Crippen LogP contribution in [-0.4, -0.2) is 18.4 Å². The summed E-state index contributed by atoms with van der Waals surface area (Å²) >= 11 is 0. The highest BCUT2D eigenvalue weighted by Crippen LogP contribution is 2.20. The van der Waals surface area contributed by atoms with Gasteiger partial charge >= 0.3 is 0 Å². The zero-order valence-corrected chi connectivity index (χ0v) is 10.6. The molecular weight excluding hydrogens is 264 g/mol. The molecule has 0 bridgehead atoms. The van der Waals surface area contributed by atoms with E-state index in [2.05, 4.69) is 9.97 Å². The Hall–Kier alpha value is -2.46. The van der Waals surface area contributed by atoms with E-state index in [4.69, 9.17) is 11.0 Å². The third-order valence-corrected chi connectivity index (χ3v) is 4.06. The van der Waals surface area contributed by atoms with Crippen molar-refractivity contribution in [2.45, 2.75) is 10.8 Å². The van der Waals surface area contributed by atoms with E-state index in [-0.39, 0.29) is 22.2 Å². The first-order valence-electron chi connectivity index (χ1n) is 5.32. The normalized spacial score (nSPS) is 10.9. The highest BCUT2D eigenvalue weighted by Gasteiger charge is 2.21. The van der Waals surface area contributed by atoms with Gasteiger partial charge in [-0.3, -0.25) is 0 Å². The quantitative estimate of drug-likeness (QED) is 0.890. The van der Waals surface area contributed by atoms with Crippen molar-refractivity contribution in [2.24, 2.45) is 0 Å². The van der Waals surface area contributed by atoms with Crippen molar-refractivity contribution in [3.05, 3.63) is 47.9 Å². The van der Waals surface area contributed by atoms with Crippen molar-refractivity contribution in [1.82, 2.24) is 9.97 Å². The van der Waals surface area contributed by atoms with Crippen LogP contribution in [0.3, 0.4) is 0 Å².